The number of benzene rings is 2. The van der Waals surface area contributed by atoms with E-state index in [9.17, 15) is 17.6 Å². The Morgan fingerprint density at radius 3 is 2.56 bits per heavy atom. The molecule has 0 aliphatic carbocycles. The highest BCUT2D eigenvalue weighted by Crippen LogP contribution is 2.34. The molecule has 2 heterocycles. The van der Waals surface area contributed by atoms with Gasteiger partial charge in [-0.3, -0.25) is 9.89 Å². The number of sulfonamides is 1. The second-order valence-corrected chi connectivity index (χ2v) is 9.57. The molecule has 0 fully saturated rings. The number of nitrogens with one attached hydrogen (secondary N) is 1. The maximum atomic E-state index is 14.0. The summed E-state index contributed by atoms with van der Waals surface area (Å²) in [4.78, 5) is 15.0. The van der Waals surface area contributed by atoms with Crippen LogP contribution < -0.4 is 10.9 Å². The largest absolute Gasteiger partial charge is 0.332 e. The smallest absolute Gasteiger partial charge is 0.238 e. The molecule has 5 N–H and O–H groups in total. The van der Waals surface area contributed by atoms with Gasteiger partial charge in [-0.15, -0.1) is 0 Å². The fraction of sp³-hybridized carbons (Fsp3) is 0.238. The van der Waals surface area contributed by atoms with Crippen molar-refractivity contribution in [2.75, 3.05) is 6.54 Å². The molecule has 1 aliphatic heterocycles. The number of fused-ring (bicyclic) bond motifs is 1. The van der Waals surface area contributed by atoms with E-state index in [0.717, 1.165) is 11.3 Å². The number of nitrogens with two attached hydrogens (primary N) is 2. The van der Waals surface area contributed by atoms with Crippen molar-refractivity contribution in [3.8, 4) is 11.3 Å². The van der Waals surface area contributed by atoms with Crippen LogP contribution in [-0.4, -0.2) is 36.0 Å². The van der Waals surface area contributed by atoms with Gasteiger partial charge >= 0.3 is 0 Å². The predicted octanol–water partition coefficient (Wildman–Crippen LogP) is 2.49. The number of amides is 1. The fourth-order valence-corrected chi connectivity index (χ4v) is 4.52. The van der Waals surface area contributed by atoms with E-state index in [1.807, 2.05) is 0 Å². The molecule has 0 spiro atoms. The van der Waals surface area contributed by atoms with Crippen LogP contribution in [0.15, 0.2) is 47.4 Å². The number of aromatic amines is 1. The molecule has 3 aromatic rings. The first-order chi connectivity index (χ1) is 15.2. The number of aromatic nitrogens is 2. The Morgan fingerprint density at radius 1 is 1.22 bits per heavy atom. The van der Waals surface area contributed by atoms with E-state index in [1.165, 1.54) is 24.3 Å². The highest BCUT2D eigenvalue weighted by molar-refractivity contribution is 7.89. The van der Waals surface area contributed by atoms with Gasteiger partial charge in [0.15, 0.2) is 0 Å². The number of carbonyl (C=O) groups is 1. The second kappa shape index (κ2) is 8.62. The zero-order chi connectivity index (χ0) is 23.0. The van der Waals surface area contributed by atoms with Crippen LogP contribution >= 0.6 is 11.6 Å². The van der Waals surface area contributed by atoms with Crippen LogP contribution in [-0.2, 0) is 27.9 Å². The monoisotopic (exact) mass is 477 g/mol. The quantitative estimate of drug-likeness (QED) is 0.501. The minimum absolute atomic E-state index is 0.00468. The summed E-state index contributed by atoms with van der Waals surface area (Å²) in [5.41, 5.74) is 9.20. The maximum absolute atomic E-state index is 14.0. The molecule has 0 saturated heterocycles. The molecule has 0 radical (unpaired) electrons. The lowest BCUT2D eigenvalue weighted by Gasteiger charge is -2.23. The summed E-state index contributed by atoms with van der Waals surface area (Å²) in [7, 11) is -3.79. The molecular weight excluding hydrogens is 457 g/mol. The van der Waals surface area contributed by atoms with Crippen molar-refractivity contribution in [1.29, 1.82) is 0 Å². The summed E-state index contributed by atoms with van der Waals surface area (Å²) < 4.78 is 36.9. The third-order valence-electron chi connectivity index (χ3n) is 5.52. The Bertz CT molecular complexity index is 1280. The van der Waals surface area contributed by atoms with Gasteiger partial charge in [0.05, 0.1) is 40.3 Å². The Hall–Kier alpha value is -2.79. The normalized spacial score (nSPS) is 14.4. The van der Waals surface area contributed by atoms with Gasteiger partial charge in [-0.05, 0) is 42.8 Å². The summed E-state index contributed by atoms with van der Waals surface area (Å²) >= 11 is 5.78. The van der Waals surface area contributed by atoms with E-state index >= 15 is 0 Å². The van der Waals surface area contributed by atoms with Gasteiger partial charge in [-0.2, -0.15) is 5.10 Å². The molecule has 8 nitrogen and oxygen atoms in total. The van der Waals surface area contributed by atoms with Crippen LogP contribution in [0.1, 0.15) is 29.2 Å². The van der Waals surface area contributed by atoms with E-state index in [4.69, 9.17) is 22.5 Å². The lowest BCUT2D eigenvalue weighted by Crippen LogP contribution is -2.32. The number of nitrogens with zero attached hydrogens (tertiary/aromatic N) is 2. The van der Waals surface area contributed by atoms with Gasteiger partial charge in [0.25, 0.3) is 0 Å². The molecular formula is C21H21ClFN5O3S. The van der Waals surface area contributed by atoms with Gasteiger partial charge in [0, 0.05) is 11.1 Å². The highest BCUT2D eigenvalue weighted by atomic mass is 35.5. The Morgan fingerprint density at radius 2 is 1.94 bits per heavy atom. The number of H-pyrrole nitrogens is 1. The summed E-state index contributed by atoms with van der Waals surface area (Å²) in [5, 5.41) is 12.4. The first-order valence-electron chi connectivity index (χ1n) is 9.82. The number of hydrogen-bond donors (Lipinski definition) is 3. The van der Waals surface area contributed by atoms with Crippen molar-refractivity contribution in [2.45, 2.75) is 30.3 Å². The SMILES string of the molecule is NCCC(C(=O)N1Cc2[nH]nc(-c3ccc(S(N)(=O)=O)cc3)c2C1)c1ccc(Cl)c(F)c1. The zero-order valence-corrected chi connectivity index (χ0v) is 18.5. The molecule has 0 saturated carbocycles. The average Bonchev–Trinajstić information content (AvgIpc) is 3.34. The molecule has 11 heteroatoms. The van der Waals surface area contributed by atoms with Crippen molar-refractivity contribution in [3.05, 3.63) is 70.1 Å². The van der Waals surface area contributed by atoms with Gasteiger partial charge < -0.3 is 10.6 Å². The number of primary sulfonamides is 1. The van der Waals surface area contributed by atoms with E-state index in [0.29, 0.717) is 36.3 Å². The summed E-state index contributed by atoms with van der Waals surface area (Å²) in [6.45, 7) is 0.907. The fourth-order valence-electron chi connectivity index (χ4n) is 3.89. The third kappa shape index (κ3) is 4.26. The Labute approximate surface area is 189 Å². The molecule has 4 rings (SSSR count). The average molecular weight is 478 g/mol. The van der Waals surface area contributed by atoms with Gasteiger partial charge in [-0.25, -0.2) is 17.9 Å². The lowest BCUT2D eigenvalue weighted by molar-refractivity contribution is -0.133. The second-order valence-electron chi connectivity index (χ2n) is 7.60. The standard InChI is InChI=1S/C21H21ClFN5O3S/c22-17-6-3-13(9-18(17)23)15(7-8-24)21(29)28-10-16-19(11-28)26-27-20(16)12-1-4-14(5-2-12)32(25,30)31/h1-6,9,15H,7-8,10-11,24H2,(H,26,27)(H2,25,30,31). The first kappa shape index (κ1) is 22.4. The van der Waals surface area contributed by atoms with Crippen molar-refractivity contribution in [3.63, 3.8) is 0 Å². The molecule has 2 aromatic carbocycles. The van der Waals surface area contributed by atoms with Gasteiger partial charge in [0.2, 0.25) is 15.9 Å². The van der Waals surface area contributed by atoms with Crippen LogP contribution in [0.2, 0.25) is 5.02 Å². The molecule has 1 unspecified atom stereocenters. The highest BCUT2D eigenvalue weighted by Gasteiger charge is 2.33. The summed E-state index contributed by atoms with van der Waals surface area (Å²) in [6.07, 6.45) is 0.366. The zero-order valence-electron chi connectivity index (χ0n) is 16.9. The number of hydrogen-bond acceptors (Lipinski definition) is 5. The number of rotatable bonds is 6. The van der Waals surface area contributed by atoms with Crippen LogP contribution in [0.4, 0.5) is 4.39 Å². The molecule has 1 amide bonds. The number of halogens is 2. The van der Waals surface area contributed by atoms with Crippen LogP contribution in [0.25, 0.3) is 11.3 Å². The van der Waals surface area contributed by atoms with Crippen molar-refractivity contribution in [1.82, 2.24) is 15.1 Å². The molecule has 1 aliphatic rings. The van der Waals surface area contributed by atoms with Gasteiger partial charge in [0.1, 0.15) is 5.82 Å². The molecule has 32 heavy (non-hydrogen) atoms. The number of carbonyl (C=O) groups excluding carboxylic acids is 1. The topological polar surface area (TPSA) is 135 Å². The van der Waals surface area contributed by atoms with Crippen LogP contribution in [0, 0.1) is 5.82 Å². The molecule has 1 aromatic heterocycles. The van der Waals surface area contributed by atoms with Crippen LogP contribution in [0.3, 0.4) is 0 Å². The van der Waals surface area contributed by atoms with Gasteiger partial charge in [-0.1, -0.05) is 29.8 Å². The third-order valence-corrected chi connectivity index (χ3v) is 6.75. The Kier molecular flexibility index (Phi) is 6.04. The predicted molar refractivity (Wildman–Crippen MR) is 117 cm³/mol. The van der Waals surface area contributed by atoms with E-state index in [2.05, 4.69) is 10.2 Å². The molecule has 168 valence electrons. The lowest BCUT2D eigenvalue weighted by atomic mass is 9.94. The van der Waals surface area contributed by atoms with E-state index in [1.54, 1.807) is 23.1 Å². The van der Waals surface area contributed by atoms with Crippen molar-refractivity contribution in [2.24, 2.45) is 10.9 Å². The minimum atomic E-state index is -3.79. The van der Waals surface area contributed by atoms with Crippen molar-refractivity contribution >= 4 is 27.5 Å². The Balaban J connectivity index is 1.58. The minimum Gasteiger partial charge on any atom is -0.332 e. The summed E-state index contributed by atoms with van der Waals surface area (Å²) in [6, 6.07) is 10.4. The molecule has 1 atom stereocenters. The van der Waals surface area contributed by atoms with E-state index in [-0.39, 0.29) is 22.4 Å². The van der Waals surface area contributed by atoms with E-state index < -0.39 is 21.8 Å². The first-order valence-corrected chi connectivity index (χ1v) is 11.7. The molecule has 0 bridgehead atoms. The van der Waals surface area contributed by atoms with Crippen molar-refractivity contribution < 1.29 is 17.6 Å². The maximum Gasteiger partial charge on any atom is 0.238 e. The summed E-state index contributed by atoms with van der Waals surface area (Å²) in [5.74, 6) is -1.35. The van der Waals surface area contributed by atoms with Crippen LogP contribution in [0.5, 0.6) is 0 Å².